The van der Waals surface area contributed by atoms with E-state index < -0.39 is 0 Å². The molecule has 4 heterocycles. The van der Waals surface area contributed by atoms with E-state index in [9.17, 15) is 4.39 Å². The molecule has 2 aliphatic rings. The molecule has 5 rings (SSSR count). The number of piperidine rings is 1. The lowest BCUT2D eigenvalue weighted by Gasteiger charge is -2.22. The first-order valence-corrected chi connectivity index (χ1v) is 11.0. The Morgan fingerprint density at radius 1 is 1.19 bits per heavy atom. The van der Waals surface area contributed by atoms with E-state index in [2.05, 4.69) is 44.4 Å². The summed E-state index contributed by atoms with van der Waals surface area (Å²) >= 11 is 0. The average Bonchev–Trinajstić information content (AvgIpc) is 3.23. The van der Waals surface area contributed by atoms with Crippen molar-refractivity contribution in [3.8, 4) is 17.0 Å². The molecule has 0 radical (unpaired) electrons. The molecule has 1 aliphatic carbocycles. The number of hydrogen-bond acceptors (Lipinski definition) is 6. The van der Waals surface area contributed by atoms with Crippen molar-refractivity contribution in [2.45, 2.75) is 19.8 Å². The lowest BCUT2D eigenvalue weighted by atomic mass is 10.0. The maximum absolute atomic E-state index is 13.9. The molecule has 0 N–H and O–H groups in total. The van der Waals surface area contributed by atoms with Crippen LogP contribution in [0.2, 0.25) is 0 Å². The minimum Gasteiger partial charge on any atom is -0.492 e. The second-order valence-electron chi connectivity index (χ2n) is 8.60. The molecule has 7 heteroatoms. The lowest BCUT2D eigenvalue weighted by molar-refractivity contribution is 0.274. The maximum Gasteiger partial charge on any atom is 0.225 e. The summed E-state index contributed by atoms with van der Waals surface area (Å²) in [6, 6.07) is 5.22. The molecule has 1 aliphatic heterocycles. The average molecular weight is 432 g/mol. The van der Waals surface area contributed by atoms with Crippen LogP contribution in [-0.2, 0) is 6.42 Å². The second kappa shape index (κ2) is 8.30. The molecule has 0 aromatic carbocycles. The number of fused-ring (bicyclic) bond motifs is 1. The highest BCUT2D eigenvalue weighted by Gasteiger charge is 2.67. The molecule has 6 nitrogen and oxygen atoms in total. The zero-order valence-corrected chi connectivity index (χ0v) is 18.1. The number of aromatic nitrogens is 4. The van der Waals surface area contributed by atoms with E-state index >= 15 is 0 Å². The fourth-order valence-electron chi connectivity index (χ4n) is 4.91. The second-order valence-corrected chi connectivity index (χ2v) is 8.60. The van der Waals surface area contributed by atoms with Crippen molar-refractivity contribution in [2.24, 2.45) is 17.3 Å². The topological polar surface area (TPSA) is 64.0 Å². The highest BCUT2D eigenvalue weighted by molar-refractivity contribution is 5.59. The Hall–Kier alpha value is -3.35. The number of anilines is 1. The van der Waals surface area contributed by atoms with E-state index in [-0.39, 0.29) is 11.2 Å². The van der Waals surface area contributed by atoms with Gasteiger partial charge in [0, 0.05) is 48.6 Å². The van der Waals surface area contributed by atoms with Gasteiger partial charge in [-0.3, -0.25) is 9.97 Å². The van der Waals surface area contributed by atoms with Crippen molar-refractivity contribution in [3.05, 3.63) is 73.2 Å². The Labute approximate surface area is 187 Å². The Morgan fingerprint density at radius 2 is 2.03 bits per heavy atom. The molecule has 0 amide bonds. The summed E-state index contributed by atoms with van der Waals surface area (Å²) in [6.07, 6.45) is 12.4. The summed E-state index contributed by atoms with van der Waals surface area (Å²) in [5.41, 5.74) is 2.21. The van der Waals surface area contributed by atoms with E-state index in [0.717, 1.165) is 31.9 Å². The number of ether oxygens (including phenoxy) is 1. The van der Waals surface area contributed by atoms with Gasteiger partial charge in [0.1, 0.15) is 5.75 Å². The van der Waals surface area contributed by atoms with Gasteiger partial charge in [-0.25, -0.2) is 14.4 Å². The van der Waals surface area contributed by atoms with Crippen LogP contribution in [0.3, 0.4) is 0 Å². The number of rotatable bonds is 8. The van der Waals surface area contributed by atoms with Gasteiger partial charge in [0.2, 0.25) is 5.95 Å². The van der Waals surface area contributed by atoms with Crippen molar-refractivity contribution < 1.29 is 9.13 Å². The normalized spacial score (nSPS) is 23.6. The van der Waals surface area contributed by atoms with Gasteiger partial charge in [0.25, 0.3) is 0 Å². The third-order valence-electron chi connectivity index (χ3n) is 6.75. The first-order valence-electron chi connectivity index (χ1n) is 11.0. The van der Waals surface area contributed by atoms with E-state index in [0.29, 0.717) is 35.4 Å². The minimum absolute atomic E-state index is 0.0407. The Morgan fingerprint density at radius 3 is 2.69 bits per heavy atom. The van der Waals surface area contributed by atoms with Gasteiger partial charge < -0.3 is 9.64 Å². The molecule has 2 fully saturated rings. The van der Waals surface area contributed by atoms with Crippen LogP contribution in [0.25, 0.3) is 11.3 Å². The standard InChI is InChI=1S/C25H26FN5O/c1-3-5-17-10-29-24(30-11-17)31-14-20-21(25(20,4-2)16-31)15-32-18-6-7-23(28-12-18)19-8-9-27-13-22(19)26/h4,6-13,20-21H,2-3,5,14-16H2,1H3. The van der Waals surface area contributed by atoms with Gasteiger partial charge in [0.05, 0.1) is 24.7 Å². The van der Waals surface area contributed by atoms with Crippen LogP contribution in [-0.4, -0.2) is 39.6 Å². The predicted octanol–water partition coefficient (Wildman–Crippen LogP) is 4.34. The molecule has 0 bridgehead atoms. The van der Waals surface area contributed by atoms with E-state index in [1.54, 1.807) is 24.5 Å². The summed E-state index contributed by atoms with van der Waals surface area (Å²) in [5, 5.41) is 0. The Kier molecular flexibility index (Phi) is 5.33. The molecule has 3 aromatic rings. The zero-order chi connectivity index (χ0) is 22.1. The van der Waals surface area contributed by atoms with Crippen LogP contribution >= 0.6 is 0 Å². The summed E-state index contributed by atoms with van der Waals surface area (Å²) in [6.45, 7) is 8.63. The molecule has 3 unspecified atom stereocenters. The van der Waals surface area contributed by atoms with E-state index in [4.69, 9.17) is 4.74 Å². The van der Waals surface area contributed by atoms with Crippen molar-refractivity contribution in [1.82, 2.24) is 19.9 Å². The van der Waals surface area contributed by atoms with Gasteiger partial charge in [-0.05, 0) is 36.1 Å². The largest absolute Gasteiger partial charge is 0.492 e. The fourth-order valence-corrected chi connectivity index (χ4v) is 4.91. The molecule has 0 spiro atoms. The number of halogens is 1. The first kappa shape index (κ1) is 20.5. The number of hydrogen-bond donors (Lipinski definition) is 0. The molecular formula is C25H26FN5O. The van der Waals surface area contributed by atoms with Crippen LogP contribution in [0.15, 0.2) is 61.8 Å². The Balaban J connectivity index is 1.19. The van der Waals surface area contributed by atoms with Crippen LogP contribution in [0.4, 0.5) is 10.3 Å². The molecule has 164 valence electrons. The first-order chi connectivity index (χ1) is 15.6. The van der Waals surface area contributed by atoms with Gasteiger partial charge in [-0.2, -0.15) is 0 Å². The van der Waals surface area contributed by atoms with E-state index in [1.165, 1.54) is 11.8 Å². The van der Waals surface area contributed by atoms with Crippen LogP contribution in [0.1, 0.15) is 18.9 Å². The summed E-state index contributed by atoms with van der Waals surface area (Å²) in [4.78, 5) is 19.5. The van der Waals surface area contributed by atoms with Crippen LogP contribution < -0.4 is 9.64 Å². The quantitative estimate of drug-likeness (QED) is 0.495. The minimum atomic E-state index is -0.388. The molecule has 32 heavy (non-hydrogen) atoms. The van der Waals surface area contributed by atoms with Gasteiger partial charge in [0.15, 0.2) is 5.82 Å². The number of aryl methyl sites for hydroxylation is 1. The molecular weight excluding hydrogens is 405 g/mol. The SMILES string of the molecule is C=CC12CN(c3ncc(CCC)cn3)CC1C2COc1ccc(-c2ccncc2F)nc1. The predicted molar refractivity (Wildman–Crippen MR) is 121 cm³/mol. The van der Waals surface area contributed by atoms with Crippen molar-refractivity contribution in [3.63, 3.8) is 0 Å². The van der Waals surface area contributed by atoms with Gasteiger partial charge in [-0.15, -0.1) is 6.58 Å². The summed E-state index contributed by atoms with van der Waals surface area (Å²) in [5.74, 6) is 1.98. The zero-order valence-electron chi connectivity index (χ0n) is 18.1. The smallest absolute Gasteiger partial charge is 0.225 e. The van der Waals surface area contributed by atoms with Crippen molar-refractivity contribution >= 4 is 5.95 Å². The highest BCUT2D eigenvalue weighted by Crippen LogP contribution is 2.64. The fraction of sp³-hybridized carbons (Fsp3) is 0.360. The highest BCUT2D eigenvalue weighted by atomic mass is 19.1. The van der Waals surface area contributed by atoms with Crippen LogP contribution in [0, 0.1) is 23.1 Å². The number of nitrogens with zero attached hydrogens (tertiary/aromatic N) is 5. The molecule has 3 aromatic heterocycles. The maximum atomic E-state index is 13.9. The Bertz CT molecular complexity index is 1100. The number of pyridine rings is 2. The summed E-state index contributed by atoms with van der Waals surface area (Å²) < 4.78 is 19.9. The third-order valence-corrected chi connectivity index (χ3v) is 6.75. The third kappa shape index (κ3) is 3.61. The monoisotopic (exact) mass is 431 g/mol. The summed E-state index contributed by atoms with van der Waals surface area (Å²) in [7, 11) is 0. The van der Waals surface area contributed by atoms with E-state index in [1.807, 2.05) is 18.5 Å². The van der Waals surface area contributed by atoms with Gasteiger partial charge in [-0.1, -0.05) is 19.4 Å². The van der Waals surface area contributed by atoms with Crippen molar-refractivity contribution in [1.29, 1.82) is 0 Å². The van der Waals surface area contributed by atoms with Crippen molar-refractivity contribution in [2.75, 3.05) is 24.6 Å². The van der Waals surface area contributed by atoms with Gasteiger partial charge >= 0.3 is 0 Å². The lowest BCUT2D eigenvalue weighted by Crippen LogP contribution is -2.29. The molecule has 1 saturated carbocycles. The molecule has 3 atom stereocenters. The molecule has 1 saturated heterocycles. The van der Waals surface area contributed by atoms with Crippen LogP contribution in [0.5, 0.6) is 5.75 Å².